The second kappa shape index (κ2) is 11.9. The molecule has 0 spiro atoms. The largest absolute Gasteiger partial charge is 0.411 e. The first-order valence-electron chi connectivity index (χ1n) is 7.04. The van der Waals surface area contributed by atoms with Crippen LogP contribution in [0.4, 0.5) is 0 Å². The van der Waals surface area contributed by atoms with Crippen LogP contribution in [0.5, 0.6) is 0 Å². The van der Waals surface area contributed by atoms with Crippen LogP contribution in [-0.2, 0) is 18.9 Å². The van der Waals surface area contributed by atoms with Gasteiger partial charge < -0.3 is 18.9 Å². The number of rotatable bonds is 13. The zero-order chi connectivity index (χ0) is 13.7. The Morgan fingerprint density at radius 3 is 1.56 bits per heavy atom. The summed E-state index contributed by atoms with van der Waals surface area (Å²) in [5, 5.41) is 0. The molecular weight excluding hydrogens is 232 g/mol. The lowest BCUT2D eigenvalue weighted by atomic mass is 10.1. The minimum absolute atomic E-state index is 0.588. The molecular formula is C14H30O4. The molecule has 18 heavy (non-hydrogen) atoms. The number of ether oxygens (including phenoxy) is 4. The highest BCUT2D eigenvalue weighted by Gasteiger charge is 2.30. The summed E-state index contributed by atoms with van der Waals surface area (Å²) < 4.78 is 20.6. The Morgan fingerprint density at radius 2 is 1.11 bits per heavy atom. The van der Waals surface area contributed by atoms with E-state index in [1.54, 1.807) is 0 Å². The number of methoxy groups -OCH3 is 3. The molecule has 0 atom stereocenters. The van der Waals surface area contributed by atoms with Crippen LogP contribution in [0.25, 0.3) is 0 Å². The highest BCUT2D eigenvalue weighted by molar-refractivity contribution is 4.46. The van der Waals surface area contributed by atoms with Crippen LogP contribution in [0.3, 0.4) is 0 Å². The van der Waals surface area contributed by atoms with Crippen LogP contribution in [0.2, 0.25) is 0 Å². The fourth-order valence-electron chi connectivity index (χ4n) is 1.86. The molecule has 0 rings (SSSR count). The van der Waals surface area contributed by atoms with Crippen molar-refractivity contribution in [2.75, 3.05) is 27.9 Å². The van der Waals surface area contributed by atoms with Crippen molar-refractivity contribution in [3.63, 3.8) is 0 Å². The predicted octanol–water partition coefficient (Wildman–Crippen LogP) is 3.69. The van der Waals surface area contributed by atoms with Gasteiger partial charge in [-0.2, -0.15) is 0 Å². The summed E-state index contributed by atoms with van der Waals surface area (Å²) in [5.41, 5.74) is 0. The second-order valence-electron chi connectivity index (χ2n) is 4.44. The molecule has 0 heterocycles. The summed E-state index contributed by atoms with van der Waals surface area (Å²) in [7, 11) is 4.50. The van der Waals surface area contributed by atoms with Crippen molar-refractivity contribution in [3.8, 4) is 0 Å². The Labute approximate surface area is 112 Å². The van der Waals surface area contributed by atoms with Crippen molar-refractivity contribution in [2.24, 2.45) is 0 Å². The summed E-state index contributed by atoms with van der Waals surface area (Å²) in [6.07, 6.45) is 8.84. The first-order chi connectivity index (χ1) is 8.74. The van der Waals surface area contributed by atoms with Gasteiger partial charge in [0, 0.05) is 21.3 Å². The molecule has 0 aliphatic heterocycles. The number of hydrogen-bond acceptors (Lipinski definition) is 4. The third-order valence-corrected chi connectivity index (χ3v) is 3.03. The minimum Gasteiger partial charge on any atom is -0.307 e. The maximum absolute atomic E-state index is 5.46. The molecule has 0 aromatic carbocycles. The Balaban J connectivity index is 3.38. The molecule has 0 radical (unpaired) electrons. The average Bonchev–Trinajstić information content (AvgIpc) is 2.42. The molecule has 0 saturated carbocycles. The van der Waals surface area contributed by atoms with E-state index in [0.717, 1.165) is 6.42 Å². The van der Waals surface area contributed by atoms with Crippen LogP contribution in [-0.4, -0.2) is 34.1 Å². The summed E-state index contributed by atoms with van der Waals surface area (Å²) in [6, 6.07) is 0. The summed E-state index contributed by atoms with van der Waals surface area (Å²) in [4.78, 5) is 0. The summed E-state index contributed by atoms with van der Waals surface area (Å²) in [5.74, 6) is 0. The molecule has 0 bridgehead atoms. The Bertz CT molecular complexity index is 161. The molecule has 0 aromatic rings. The van der Waals surface area contributed by atoms with E-state index in [1.165, 1.54) is 66.3 Å². The average molecular weight is 262 g/mol. The first kappa shape index (κ1) is 17.8. The van der Waals surface area contributed by atoms with Gasteiger partial charge >= 0.3 is 6.16 Å². The molecule has 0 aliphatic carbocycles. The van der Waals surface area contributed by atoms with Crippen molar-refractivity contribution < 1.29 is 18.9 Å². The van der Waals surface area contributed by atoms with Crippen LogP contribution >= 0.6 is 0 Å². The molecule has 4 nitrogen and oxygen atoms in total. The Morgan fingerprint density at radius 1 is 0.667 bits per heavy atom. The smallest absolute Gasteiger partial charge is 0.307 e. The van der Waals surface area contributed by atoms with Gasteiger partial charge in [0.25, 0.3) is 0 Å². The van der Waals surface area contributed by atoms with E-state index in [0.29, 0.717) is 6.61 Å². The lowest BCUT2D eigenvalue weighted by Gasteiger charge is -2.27. The highest BCUT2D eigenvalue weighted by Crippen LogP contribution is 2.15. The maximum Gasteiger partial charge on any atom is 0.411 e. The van der Waals surface area contributed by atoms with E-state index in [1.807, 2.05) is 0 Å². The Hall–Kier alpha value is -0.160. The monoisotopic (exact) mass is 262 g/mol. The zero-order valence-corrected chi connectivity index (χ0v) is 12.5. The summed E-state index contributed by atoms with van der Waals surface area (Å²) >= 11 is 0. The second-order valence-corrected chi connectivity index (χ2v) is 4.44. The normalized spacial score (nSPS) is 12.0. The van der Waals surface area contributed by atoms with Crippen LogP contribution in [0.15, 0.2) is 0 Å². The van der Waals surface area contributed by atoms with Crippen molar-refractivity contribution in [2.45, 2.75) is 64.4 Å². The van der Waals surface area contributed by atoms with Crippen LogP contribution in [0.1, 0.15) is 58.3 Å². The molecule has 4 heteroatoms. The zero-order valence-electron chi connectivity index (χ0n) is 12.5. The molecule has 0 fully saturated rings. The number of unbranched alkanes of at least 4 members (excludes halogenated alkanes) is 7. The molecule has 0 aromatic heterocycles. The molecule has 110 valence electrons. The standard InChI is InChI=1S/C14H30O4/c1-5-6-7-8-9-10-11-12-13-18-14(15-2,16-3)17-4/h5-13H2,1-4H3. The van der Waals surface area contributed by atoms with Crippen molar-refractivity contribution in [1.29, 1.82) is 0 Å². The van der Waals surface area contributed by atoms with Gasteiger partial charge in [-0.1, -0.05) is 51.9 Å². The van der Waals surface area contributed by atoms with Gasteiger partial charge in [0.05, 0.1) is 6.61 Å². The van der Waals surface area contributed by atoms with E-state index in [2.05, 4.69) is 6.92 Å². The molecule has 0 aliphatic rings. The fourth-order valence-corrected chi connectivity index (χ4v) is 1.86. The number of hydrogen-bond donors (Lipinski definition) is 0. The SMILES string of the molecule is CCCCCCCCCCOC(OC)(OC)OC. The Kier molecular flexibility index (Phi) is 11.8. The summed E-state index contributed by atoms with van der Waals surface area (Å²) in [6.45, 7) is 2.83. The quantitative estimate of drug-likeness (QED) is 0.375. The third-order valence-electron chi connectivity index (χ3n) is 3.03. The molecule has 0 saturated heterocycles. The van der Waals surface area contributed by atoms with Crippen molar-refractivity contribution >= 4 is 0 Å². The van der Waals surface area contributed by atoms with E-state index in [9.17, 15) is 0 Å². The van der Waals surface area contributed by atoms with Crippen molar-refractivity contribution in [3.05, 3.63) is 0 Å². The first-order valence-corrected chi connectivity index (χ1v) is 7.04. The minimum atomic E-state index is -1.33. The van der Waals surface area contributed by atoms with Crippen LogP contribution in [0, 0.1) is 0 Å². The molecule has 0 N–H and O–H groups in total. The predicted molar refractivity (Wildman–Crippen MR) is 72.3 cm³/mol. The van der Waals surface area contributed by atoms with E-state index in [4.69, 9.17) is 18.9 Å². The van der Waals surface area contributed by atoms with Gasteiger partial charge in [-0.05, 0) is 6.42 Å². The lowest BCUT2D eigenvalue weighted by molar-refractivity contribution is -0.479. The maximum atomic E-state index is 5.46. The van der Waals surface area contributed by atoms with E-state index >= 15 is 0 Å². The van der Waals surface area contributed by atoms with Gasteiger partial charge in [-0.3, -0.25) is 0 Å². The third kappa shape index (κ3) is 8.03. The van der Waals surface area contributed by atoms with Gasteiger partial charge in [0.15, 0.2) is 0 Å². The topological polar surface area (TPSA) is 36.9 Å². The van der Waals surface area contributed by atoms with Gasteiger partial charge in [-0.25, -0.2) is 0 Å². The van der Waals surface area contributed by atoms with Gasteiger partial charge in [0.1, 0.15) is 0 Å². The van der Waals surface area contributed by atoms with Gasteiger partial charge in [-0.15, -0.1) is 0 Å². The van der Waals surface area contributed by atoms with Crippen LogP contribution < -0.4 is 0 Å². The van der Waals surface area contributed by atoms with Crippen molar-refractivity contribution in [1.82, 2.24) is 0 Å². The van der Waals surface area contributed by atoms with Gasteiger partial charge in [0.2, 0.25) is 0 Å². The lowest BCUT2D eigenvalue weighted by Crippen LogP contribution is -2.39. The molecule has 0 amide bonds. The molecule has 0 unspecified atom stereocenters. The highest BCUT2D eigenvalue weighted by atomic mass is 17.0. The fraction of sp³-hybridized carbons (Fsp3) is 1.00. The van der Waals surface area contributed by atoms with E-state index in [-0.39, 0.29) is 0 Å². The van der Waals surface area contributed by atoms with E-state index < -0.39 is 6.16 Å².